The Labute approximate surface area is 68.3 Å². The summed E-state index contributed by atoms with van der Waals surface area (Å²) in [7, 11) is 0. The van der Waals surface area contributed by atoms with E-state index in [2.05, 4.69) is 10.4 Å². The van der Waals surface area contributed by atoms with E-state index in [-0.39, 0.29) is 0 Å². The second kappa shape index (κ2) is 3.32. The van der Waals surface area contributed by atoms with Crippen LogP contribution < -0.4 is 11.3 Å². The molecule has 0 bridgehead atoms. The standard InChI is InChI=1S/C6H6ClN3O/c7-5-1-4(3-11)2-9-6(5)10-8/h1-3H,8H2,(H,9,10). The van der Waals surface area contributed by atoms with Gasteiger partial charge in [-0.1, -0.05) is 11.6 Å². The zero-order valence-corrected chi connectivity index (χ0v) is 6.30. The van der Waals surface area contributed by atoms with E-state index in [1.165, 1.54) is 12.3 Å². The molecule has 0 saturated carbocycles. The van der Waals surface area contributed by atoms with Crippen molar-refractivity contribution in [2.45, 2.75) is 0 Å². The first kappa shape index (κ1) is 7.97. The number of pyridine rings is 1. The summed E-state index contributed by atoms with van der Waals surface area (Å²) in [5.74, 6) is 5.42. The van der Waals surface area contributed by atoms with Gasteiger partial charge in [-0.2, -0.15) is 0 Å². The minimum Gasteiger partial charge on any atom is -0.307 e. The van der Waals surface area contributed by atoms with Crippen LogP contribution in [0, 0.1) is 0 Å². The van der Waals surface area contributed by atoms with Gasteiger partial charge in [-0.05, 0) is 6.07 Å². The average Bonchev–Trinajstić information content (AvgIpc) is 2.04. The molecule has 0 spiro atoms. The van der Waals surface area contributed by atoms with Crippen LogP contribution in [0.3, 0.4) is 0 Å². The summed E-state index contributed by atoms with van der Waals surface area (Å²) in [4.78, 5) is 14.0. The Morgan fingerprint density at radius 3 is 2.91 bits per heavy atom. The molecular weight excluding hydrogens is 166 g/mol. The Morgan fingerprint density at radius 2 is 2.45 bits per heavy atom. The fourth-order valence-corrected chi connectivity index (χ4v) is 0.853. The van der Waals surface area contributed by atoms with Crippen LogP contribution in [0.5, 0.6) is 0 Å². The number of halogens is 1. The van der Waals surface area contributed by atoms with Gasteiger partial charge in [0.15, 0.2) is 12.1 Å². The predicted molar refractivity (Wildman–Crippen MR) is 42.4 cm³/mol. The summed E-state index contributed by atoms with van der Waals surface area (Å²) in [5, 5.41) is 0.331. The summed E-state index contributed by atoms with van der Waals surface area (Å²) in [6.07, 6.45) is 2.05. The van der Waals surface area contributed by atoms with Crippen molar-refractivity contribution in [1.29, 1.82) is 0 Å². The molecule has 4 nitrogen and oxygen atoms in total. The highest BCUT2D eigenvalue weighted by molar-refractivity contribution is 6.33. The summed E-state index contributed by atoms with van der Waals surface area (Å²) < 4.78 is 0. The number of nitrogen functional groups attached to an aromatic ring is 1. The van der Waals surface area contributed by atoms with Gasteiger partial charge in [-0.25, -0.2) is 10.8 Å². The van der Waals surface area contributed by atoms with Crippen LogP contribution in [-0.2, 0) is 0 Å². The highest BCUT2D eigenvalue weighted by atomic mass is 35.5. The fourth-order valence-electron chi connectivity index (χ4n) is 0.623. The zero-order valence-electron chi connectivity index (χ0n) is 5.54. The van der Waals surface area contributed by atoms with Gasteiger partial charge in [0.2, 0.25) is 0 Å². The number of carbonyl (C=O) groups is 1. The van der Waals surface area contributed by atoms with E-state index in [0.717, 1.165) is 0 Å². The Balaban J connectivity index is 3.09. The lowest BCUT2D eigenvalue weighted by Gasteiger charge is -2.00. The maximum atomic E-state index is 10.2. The van der Waals surface area contributed by atoms with Crippen LogP contribution in [0.4, 0.5) is 5.82 Å². The molecule has 0 saturated heterocycles. The molecule has 3 N–H and O–H groups in total. The van der Waals surface area contributed by atoms with Crippen molar-refractivity contribution in [3.63, 3.8) is 0 Å². The van der Waals surface area contributed by atoms with Crippen LogP contribution in [0.2, 0.25) is 5.02 Å². The lowest BCUT2D eigenvalue weighted by Crippen LogP contribution is -2.09. The minimum absolute atomic E-state index is 0.331. The summed E-state index contributed by atoms with van der Waals surface area (Å²) in [6.45, 7) is 0. The summed E-state index contributed by atoms with van der Waals surface area (Å²) >= 11 is 5.64. The van der Waals surface area contributed by atoms with Crippen molar-refractivity contribution >= 4 is 23.7 Å². The van der Waals surface area contributed by atoms with Crippen molar-refractivity contribution in [2.24, 2.45) is 5.84 Å². The number of hydrogen-bond acceptors (Lipinski definition) is 4. The number of hydrazine groups is 1. The number of hydrogen-bond donors (Lipinski definition) is 2. The van der Waals surface area contributed by atoms with Crippen LogP contribution in [0.25, 0.3) is 0 Å². The molecular formula is C6H6ClN3O. The largest absolute Gasteiger partial charge is 0.307 e. The molecule has 0 aliphatic rings. The van der Waals surface area contributed by atoms with Crippen molar-refractivity contribution in [1.82, 2.24) is 4.98 Å². The molecule has 0 amide bonds. The maximum absolute atomic E-state index is 10.2. The number of nitrogens with zero attached hydrogens (tertiary/aromatic N) is 1. The van der Waals surface area contributed by atoms with Gasteiger partial charge in [0.25, 0.3) is 0 Å². The molecule has 5 heteroatoms. The number of nitrogens with two attached hydrogens (primary N) is 1. The van der Waals surface area contributed by atoms with Crippen molar-refractivity contribution in [3.8, 4) is 0 Å². The van der Waals surface area contributed by atoms with E-state index in [0.29, 0.717) is 22.7 Å². The first-order chi connectivity index (χ1) is 5.27. The molecule has 0 aliphatic heterocycles. The van der Waals surface area contributed by atoms with Gasteiger partial charge in [0, 0.05) is 11.8 Å². The molecule has 1 aromatic heterocycles. The molecule has 58 valence electrons. The van der Waals surface area contributed by atoms with Crippen LogP contribution in [0.1, 0.15) is 10.4 Å². The smallest absolute Gasteiger partial charge is 0.158 e. The van der Waals surface area contributed by atoms with Gasteiger partial charge < -0.3 is 5.43 Å². The van der Waals surface area contributed by atoms with Crippen molar-refractivity contribution in [2.75, 3.05) is 5.43 Å². The second-order valence-corrected chi connectivity index (χ2v) is 2.27. The fraction of sp³-hybridized carbons (Fsp3) is 0. The normalized spacial score (nSPS) is 9.27. The topological polar surface area (TPSA) is 68.0 Å². The minimum atomic E-state index is 0.331. The quantitative estimate of drug-likeness (QED) is 0.393. The highest BCUT2D eigenvalue weighted by Gasteiger charge is 1.99. The maximum Gasteiger partial charge on any atom is 0.158 e. The van der Waals surface area contributed by atoms with Gasteiger partial charge in [0.05, 0.1) is 5.02 Å². The molecule has 0 atom stereocenters. The third kappa shape index (κ3) is 1.66. The van der Waals surface area contributed by atoms with Crippen molar-refractivity contribution in [3.05, 3.63) is 22.8 Å². The van der Waals surface area contributed by atoms with E-state index in [9.17, 15) is 4.79 Å². The lowest BCUT2D eigenvalue weighted by atomic mass is 10.3. The monoisotopic (exact) mass is 171 g/mol. The third-order valence-electron chi connectivity index (χ3n) is 1.14. The Morgan fingerprint density at radius 1 is 1.73 bits per heavy atom. The Bertz CT molecular complexity index is 277. The van der Waals surface area contributed by atoms with E-state index in [4.69, 9.17) is 17.4 Å². The molecule has 1 rings (SSSR count). The molecule has 0 fully saturated rings. The molecule has 11 heavy (non-hydrogen) atoms. The highest BCUT2D eigenvalue weighted by Crippen LogP contribution is 2.17. The van der Waals surface area contributed by atoms with Gasteiger partial charge in [-0.15, -0.1) is 0 Å². The average molecular weight is 172 g/mol. The third-order valence-corrected chi connectivity index (χ3v) is 1.42. The van der Waals surface area contributed by atoms with Crippen LogP contribution in [-0.4, -0.2) is 11.3 Å². The molecule has 0 aliphatic carbocycles. The van der Waals surface area contributed by atoms with E-state index in [1.54, 1.807) is 0 Å². The van der Waals surface area contributed by atoms with Gasteiger partial charge in [0.1, 0.15) is 0 Å². The Hall–Kier alpha value is -1.13. The molecule has 0 aromatic carbocycles. The van der Waals surface area contributed by atoms with Crippen LogP contribution >= 0.6 is 11.6 Å². The van der Waals surface area contributed by atoms with E-state index < -0.39 is 0 Å². The van der Waals surface area contributed by atoms with Gasteiger partial charge in [-0.3, -0.25) is 4.79 Å². The lowest BCUT2D eigenvalue weighted by molar-refractivity contribution is 0.112. The zero-order chi connectivity index (χ0) is 8.27. The van der Waals surface area contributed by atoms with E-state index >= 15 is 0 Å². The SMILES string of the molecule is NNc1ncc(C=O)cc1Cl. The van der Waals surface area contributed by atoms with E-state index in [1.807, 2.05) is 0 Å². The number of rotatable bonds is 2. The van der Waals surface area contributed by atoms with Gasteiger partial charge >= 0.3 is 0 Å². The number of nitrogens with one attached hydrogen (secondary N) is 1. The molecule has 0 unspecified atom stereocenters. The number of aromatic nitrogens is 1. The molecule has 0 radical (unpaired) electrons. The number of anilines is 1. The summed E-state index contributed by atoms with van der Waals surface area (Å²) in [5.41, 5.74) is 2.71. The second-order valence-electron chi connectivity index (χ2n) is 1.86. The first-order valence-electron chi connectivity index (χ1n) is 2.85. The van der Waals surface area contributed by atoms with Crippen molar-refractivity contribution < 1.29 is 4.79 Å². The first-order valence-corrected chi connectivity index (χ1v) is 3.23. The number of aldehydes is 1. The Kier molecular flexibility index (Phi) is 2.40. The molecule has 1 aromatic rings. The summed E-state index contributed by atoms with van der Waals surface area (Å²) in [6, 6.07) is 1.48. The van der Waals surface area contributed by atoms with Crippen LogP contribution in [0.15, 0.2) is 12.3 Å². The molecule has 1 heterocycles. The number of carbonyl (C=O) groups excluding carboxylic acids is 1. The predicted octanol–water partition coefficient (Wildman–Crippen LogP) is 0.833.